The number of carbonyl (C=O) groups is 1. The molecule has 2 aliphatic heterocycles. The van der Waals surface area contributed by atoms with E-state index in [0.29, 0.717) is 84.0 Å². The minimum atomic E-state index is -0.241. The van der Waals surface area contributed by atoms with Crippen LogP contribution in [0.5, 0.6) is 11.5 Å². The van der Waals surface area contributed by atoms with Gasteiger partial charge < -0.3 is 29.7 Å². The molecule has 0 atom stereocenters. The van der Waals surface area contributed by atoms with E-state index in [0.717, 1.165) is 12.8 Å². The SMILES string of the molecule is C=CC(=O)N1CCC(NCCn2c(=O)c(-c3cc(OC)cc(OC)c3Cl)cc3cnc(NC4COC4)nc32)CC1. The van der Waals surface area contributed by atoms with Crippen LogP contribution in [0.2, 0.25) is 5.02 Å². The van der Waals surface area contributed by atoms with Crippen LogP contribution in [-0.2, 0) is 16.1 Å². The molecule has 212 valence electrons. The second kappa shape index (κ2) is 12.2. The van der Waals surface area contributed by atoms with Gasteiger partial charge in [0.1, 0.15) is 17.1 Å². The summed E-state index contributed by atoms with van der Waals surface area (Å²) >= 11 is 6.67. The molecule has 1 aromatic carbocycles. The maximum atomic E-state index is 14.0. The number of methoxy groups -OCH3 is 2. The Kier molecular flexibility index (Phi) is 8.53. The summed E-state index contributed by atoms with van der Waals surface area (Å²) in [6, 6.07) is 5.53. The zero-order valence-corrected chi connectivity index (χ0v) is 23.4. The molecule has 4 heterocycles. The first kappa shape index (κ1) is 27.9. The third kappa shape index (κ3) is 5.77. The van der Waals surface area contributed by atoms with Crippen molar-refractivity contribution < 1.29 is 19.0 Å². The summed E-state index contributed by atoms with van der Waals surface area (Å²) in [7, 11) is 3.06. The van der Waals surface area contributed by atoms with Gasteiger partial charge in [-0.2, -0.15) is 4.98 Å². The van der Waals surface area contributed by atoms with Crippen LogP contribution in [0.15, 0.2) is 41.8 Å². The standard InChI is InChI=1S/C28H33ClN6O5/c1-4-24(36)34-8-5-18(6-9-34)30-7-10-35-26-17(14-31-28(33-26)32-19-15-40-16-19)11-22(27(35)37)21-12-20(38-2)13-23(39-3)25(21)29/h4,11-14,18-19,30H,1,5-10,15-16H2,2-3H3,(H,31,32,33). The molecule has 0 unspecified atom stereocenters. The van der Waals surface area contributed by atoms with Crippen molar-refractivity contribution in [2.24, 2.45) is 0 Å². The van der Waals surface area contributed by atoms with Gasteiger partial charge in [0.15, 0.2) is 0 Å². The van der Waals surface area contributed by atoms with Crippen LogP contribution in [0, 0.1) is 0 Å². The second-order valence-electron chi connectivity index (χ2n) is 9.82. The van der Waals surface area contributed by atoms with Crippen LogP contribution < -0.4 is 25.7 Å². The number of ether oxygens (including phenoxy) is 3. The highest BCUT2D eigenvalue weighted by molar-refractivity contribution is 6.35. The lowest BCUT2D eigenvalue weighted by atomic mass is 10.0. The molecule has 1 amide bonds. The van der Waals surface area contributed by atoms with E-state index in [-0.39, 0.29) is 23.6 Å². The highest BCUT2D eigenvalue weighted by Crippen LogP contribution is 2.38. The van der Waals surface area contributed by atoms with E-state index < -0.39 is 0 Å². The molecular weight excluding hydrogens is 536 g/mol. The molecule has 0 radical (unpaired) electrons. The Bertz CT molecular complexity index is 1470. The van der Waals surface area contributed by atoms with Gasteiger partial charge in [0, 0.05) is 61.0 Å². The van der Waals surface area contributed by atoms with Gasteiger partial charge in [0.05, 0.1) is 38.5 Å². The number of fused-ring (bicyclic) bond motifs is 1. The summed E-state index contributed by atoms with van der Waals surface area (Å²) in [5.41, 5.74) is 1.17. The average molecular weight is 569 g/mol. The third-order valence-corrected chi connectivity index (χ3v) is 7.70. The van der Waals surface area contributed by atoms with Crippen molar-refractivity contribution in [1.82, 2.24) is 24.8 Å². The number of benzene rings is 1. The average Bonchev–Trinajstić information content (AvgIpc) is 2.96. The van der Waals surface area contributed by atoms with E-state index in [2.05, 4.69) is 22.2 Å². The number of halogens is 1. The van der Waals surface area contributed by atoms with E-state index >= 15 is 0 Å². The van der Waals surface area contributed by atoms with E-state index in [9.17, 15) is 9.59 Å². The van der Waals surface area contributed by atoms with Crippen LogP contribution in [-0.4, -0.2) is 84.5 Å². The Morgan fingerprint density at radius 1 is 1.18 bits per heavy atom. The van der Waals surface area contributed by atoms with Crippen LogP contribution in [0.1, 0.15) is 12.8 Å². The first-order valence-corrected chi connectivity index (χ1v) is 13.6. The fourth-order valence-corrected chi connectivity index (χ4v) is 5.27. The van der Waals surface area contributed by atoms with E-state index in [4.69, 9.17) is 30.8 Å². The van der Waals surface area contributed by atoms with Crippen molar-refractivity contribution in [3.63, 3.8) is 0 Å². The number of hydrogen-bond donors (Lipinski definition) is 2. The van der Waals surface area contributed by atoms with E-state index in [1.165, 1.54) is 13.2 Å². The van der Waals surface area contributed by atoms with Gasteiger partial charge in [-0.25, -0.2) is 4.98 Å². The van der Waals surface area contributed by atoms with Crippen molar-refractivity contribution in [1.29, 1.82) is 0 Å². The molecule has 2 fully saturated rings. The van der Waals surface area contributed by atoms with Crippen molar-refractivity contribution in [3.8, 4) is 22.6 Å². The Balaban J connectivity index is 1.47. The third-order valence-electron chi connectivity index (χ3n) is 7.31. The lowest BCUT2D eigenvalue weighted by Crippen LogP contribution is -2.45. The molecule has 11 nitrogen and oxygen atoms in total. The summed E-state index contributed by atoms with van der Waals surface area (Å²) in [6.45, 7) is 7.00. The summed E-state index contributed by atoms with van der Waals surface area (Å²) < 4.78 is 17.8. The molecule has 3 aromatic rings. The molecule has 2 saturated heterocycles. The summed E-state index contributed by atoms with van der Waals surface area (Å²) in [5, 5.41) is 7.81. The van der Waals surface area contributed by atoms with Crippen molar-refractivity contribution in [2.75, 3.05) is 52.4 Å². The molecule has 2 aromatic heterocycles. The van der Waals surface area contributed by atoms with Gasteiger partial charge in [0.25, 0.3) is 5.56 Å². The quantitative estimate of drug-likeness (QED) is 0.356. The van der Waals surface area contributed by atoms with Crippen LogP contribution >= 0.6 is 11.6 Å². The smallest absolute Gasteiger partial charge is 0.260 e. The topological polar surface area (TPSA) is 120 Å². The molecule has 0 aliphatic carbocycles. The monoisotopic (exact) mass is 568 g/mol. The molecule has 0 bridgehead atoms. The molecule has 5 rings (SSSR count). The van der Waals surface area contributed by atoms with Crippen molar-refractivity contribution in [2.45, 2.75) is 31.5 Å². The number of hydrogen-bond acceptors (Lipinski definition) is 9. The molecule has 0 spiro atoms. The van der Waals surface area contributed by atoms with Crippen molar-refractivity contribution in [3.05, 3.63) is 52.4 Å². The van der Waals surface area contributed by atoms with Gasteiger partial charge in [-0.1, -0.05) is 18.2 Å². The number of aromatic nitrogens is 3. The zero-order valence-electron chi connectivity index (χ0n) is 22.6. The number of carbonyl (C=O) groups excluding carboxylic acids is 1. The van der Waals surface area contributed by atoms with Crippen LogP contribution in [0.25, 0.3) is 22.2 Å². The molecule has 12 heteroatoms. The van der Waals surface area contributed by atoms with E-state index in [1.54, 1.807) is 41.0 Å². The predicted molar refractivity (Wildman–Crippen MR) is 153 cm³/mol. The maximum Gasteiger partial charge on any atom is 0.260 e. The van der Waals surface area contributed by atoms with Gasteiger partial charge in [-0.3, -0.25) is 14.2 Å². The van der Waals surface area contributed by atoms with Gasteiger partial charge in [0.2, 0.25) is 11.9 Å². The summed E-state index contributed by atoms with van der Waals surface area (Å²) in [4.78, 5) is 36.9. The highest BCUT2D eigenvalue weighted by atomic mass is 35.5. The molecule has 2 N–H and O–H groups in total. The van der Waals surface area contributed by atoms with Crippen LogP contribution in [0.4, 0.5) is 5.95 Å². The number of pyridine rings is 1. The lowest BCUT2D eigenvalue weighted by Gasteiger charge is -2.32. The Morgan fingerprint density at radius 3 is 2.60 bits per heavy atom. The number of likely N-dealkylation sites (tertiary alicyclic amines) is 1. The largest absolute Gasteiger partial charge is 0.497 e. The normalized spacial score (nSPS) is 16.0. The second-order valence-corrected chi connectivity index (χ2v) is 10.2. The first-order valence-electron chi connectivity index (χ1n) is 13.2. The lowest BCUT2D eigenvalue weighted by molar-refractivity contribution is -0.127. The number of nitrogens with one attached hydrogen (secondary N) is 2. The van der Waals surface area contributed by atoms with Crippen molar-refractivity contribution >= 4 is 34.5 Å². The number of rotatable bonds is 10. The molecule has 0 saturated carbocycles. The number of nitrogens with zero attached hydrogens (tertiary/aromatic N) is 4. The van der Waals surface area contributed by atoms with Crippen LogP contribution in [0.3, 0.4) is 0 Å². The minimum Gasteiger partial charge on any atom is -0.497 e. The first-order chi connectivity index (χ1) is 19.4. The number of anilines is 1. The van der Waals surface area contributed by atoms with Gasteiger partial charge in [-0.05, 0) is 31.1 Å². The minimum absolute atomic E-state index is 0.0429. The zero-order chi connectivity index (χ0) is 28.2. The fourth-order valence-electron chi connectivity index (χ4n) is 4.98. The Morgan fingerprint density at radius 2 is 1.95 bits per heavy atom. The molecular formula is C28H33ClN6O5. The fraction of sp³-hybridized carbons (Fsp3) is 0.429. The molecule has 40 heavy (non-hydrogen) atoms. The Labute approximate surface area is 237 Å². The van der Waals surface area contributed by atoms with Gasteiger partial charge in [-0.15, -0.1) is 0 Å². The van der Waals surface area contributed by atoms with Gasteiger partial charge >= 0.3 is 0 Å². The highest BCUT2D eigenvalue weighted by Gasteiger charge is 2.23. The number of amides is 1. The summed E-state index contributed by atoms with van der Waals surface area (Å²) in [5.74, 6) is 1.32. The molecule has 2 aliphatic rings. The Hall–Kier alpha value is -3.67. The summed E-state index contributed by atoms with van der Waals surface area (Å²) in [6.07, 6.45) is 4.71. The predicted octanol–water partition coefficient (Wildman–Crippen LogP) is 2.71. The maximum absolute atomic E-state index is 14.0. The van der Waals surface area contributed by atoms with E-state index in [1.807, 2.05) is 0 Å². The number of piperidine rings is 1.